The third-order valence-electron chi connectivity index (χ3n) is 9.24. The fourth-order valence-corrected chi connectivity index (χ4v) is 6.84. The summed E-state index contributed by atoms with van der Waals surface area (Å²) in [6.07, 6.45) is 4.26. The number of likely N-dealkylation sites (N-methyl/N-ethyl adjacent to an activating group) is 2. The van der Waals surface area contributed by atoms with Crippen molar-refractivity contribution < 1.29 is 14.4 Å². The number of aromatic nitrogens is 1. The van der Waals surface area contributed by atoms with Crippen LogP contribution in [-0.4, -0.2) is 90.9 Å². The molecule has 3 aromatic rings. The van der Waals surface area contributed by atoms with Gasteiger partial charge in [0.25, 0.3) is 0 Å². The van der Waals surface area contributed by atoms with Gasteiger partial charge in [-0.2, -0.15) is 0 Å². The lowest BCUT2D eigenvalue weighted by molar-refractivity contribution is -0.136. The van der Waals surface area contributed by atoms with Crippen LogP contribution in [0.25, 0.3) is 10.9 Å². The monoisotopic (exact) mass is 558 g/mol. The first-order chi connectivity index (χ1) is 19.7. The average Bonchev–Trinajstić information content (AvgIpc) is 3.55. The Bertz CT molecular complexity index is 1420. The number of fused-ring (bicyclic) bond motifs is 3. The Kier molecular flexibility index (Phi) is 8.09. The zero-order valence-corrected chi connectivity index (χ0v) is 24.5. The van der Waals surface area contributed by atoms with E-state index in [1.807, 2.05) is 68.5 Å². The van der Waals surface area contributed by atoms with Crippen LogP contribution in [0.4, 0.5) is 4.79 Å². The van der Waals surface area contributed by atoms with E-state index >= 15 is 0 Å². The van der Waals surface area contributed by atoms with Crippen molar-refractivity contribution >= 4 is 28.7 Å². The van der Waals surface area contributed by atoms with Crippen LogP contribution in [0.15, 0.2) is 54.7 Å². The Balaban J connectivity index is 1.38. The van der Waals surface area contributed by atoms with E-state index in [1.54, 1.807) is 11.9 Å². The normalized spacial score (nSPS) is 19.0. The van der Waals surface area contributed by atoms with Crippen molar-refractivity contribution in [3.8, 4) is 0 Å². The third-order valence-corrected chi connectivity index (χ3v) is 9.24. The number of nitrogens with one attached hydrogen (secondary N) is 2. The lowest BCUT2D eigenvalue weighted by atomic mass is 9.73. The quantitative estimate of drug-likeness (QED) is 0.412. The van der Waals surface area contributed by atoms with Crippen LogP contribution in [-0.2, 0) is 15.0 Å². The minimum atomic E-state index is -0.741. The molecular formula is C32H42N6O3. The highest BCUT2D eigenvalue weighted by Crippen LogP contribution is 2.52. The number of aromatic amines is 1. The summed E-state index contributed by atoms with van der Waals surface area (Å²) in [7, 11) is 5.31. The Hall–Kier alpha value is -3.85. The molecule has 2 aliphatic rings. The molecule has 0 saturated carbocycles. The van der Waals surface area contributed by atoms with E-state index in [9.17, 15) is 14.4 Å². The molecule has 9 nitrogen and oxygen atoms in total. The number of likely N-dealkylation sites (tertiary alicyclic amines) is 1. The molecule has 41 heavy (non-hydrogen) atoms. The predicted octanol–water partition coefficient (Wildman–Crippen LogP) is 3.38. The molecule has 1 aliphatic carbocycles. The smallest absolute Gasteiger partial charge is 0.317 e. The summed E-state index contributed by atoms with van der Waals surface area (Å²) in [6.45, 7) is 3.88. The molecule has 1 aliphatic heterocycles. The van der Waals surface area contributed by atoms with Crippen molar-refractivity contribution in [2.45, 2.75) is 49.5 Å². The molecule has 1 spiro atoms. The second kappa shape index (κ2) is 11.6. The summed E-state index contributed by atoms with van der Waals surface area (Å²) in [4.78, 5) is 48.8. The lowest BCUT2D eigenvalue weighted by Gasteiger charge is -2.42. The van der Waals surface area contributed by atoms with Crippen LogP contribution in [0.5, 0.6) is 0 Å². The maximum absolute atomic E-state index is 14.2. The number of piperidine rings is 1. The van der Waals surface area contributed by atoms with Crippen LogP contribution < -0.4 is 11.1 Å². The van der Waals surface area contributed by atoms with Crippen molar-refractivity contribution in [1.82, 2.24) is 25.0 Å². The molecular weight excluding hydrogens is 516 g/mol. The van der Waals surface area contributed by atoms with Crippen LogP contribution in [0.1, 0.15) is 54.7 Å². The van der Waals surface area contributed by atoms with Crippen LogP contribution in [0.3, 0.4) is 0 Å². The number of amides is 4. The molecule has 4 amide bonds. The zero-order chi connectivity index (χ0) is 29.3. The number of urea groups is 1. The Morgan fingerprint density at radius 3 is 2.46 bits per heavy atom. The van der Waals surface area contributed by atoms with E-state index in [2.05, 4.69) is 22.4 Å². The van der Waals surface area contributed by atoms with Gasteiger partial charge in [0.05, 0.1) is 5.92 Å². The molecule has 1 fully saturated rings. The van der Waals surface area contributed by atoms with E-state index in [1.165, 1.54) is 10.5 Å². The fourth-order valence-electron chi connectivity index (χ4n) is 6.84. The maximum Gasteiger partial charge on any atom is 0.317 e. The van der Waals surface area contributed by atoms with Gasteiger partial charge in [0.2, 0.25) is 11.8 Å². The first-order valence-electron chi connectivity index (χ1n) is 14.5. The summed E-state index contributed by atoms with van der Waals surface area (Å²) in [5.41, 5.74) is 9.90. The summed E-state index contributed by atoms with van der Waals surface area (Å²) >= 11 is 0. The van der Waals surface area contributed by atoms with Crippen LogP contribution >= 0.6 is 0 Å². The highest BCUT2D eigenvalue weighted by atomic mass is 16.2. The average molecular weight is 559 g/mol. The number of H-pyrrole nitrogens is 1. The standard InChI is InChI=1S/C32H42N6O3/c1-21(25-20-34-27-12-8-6-10-23(25)27)28(35-31(41)37(4)18-15-33)30(40)38-16-13-32(14-17-38)19-24(29(39)36(2)3)22-9-5-7-11-26(22)32/h5-12,20-21,24,28,34H,13-19,33H2,1-4H3,(H,35,41)/t21?,24-,28?/m1/s1. The minimum absolute atomic E-state index is 0.0840. The highest BCUT2D eigenvalue weighted by Gasteiger charge is 2.49. The Morgan fingerprint density at radius 2 is 1.76 bits per heavy atom. The number of benzene rings is 2. The van der Waals surface area contributed by atoms with Gasteiger partial charge < -0.3 is 30.7 Å². The molecule has 4 N–H and O–H groups in total. The van der Waals surface area contributed by atoms with E-state index in [4.69, 9.17) is 5.73 Å². The van der Waals surface area contributed by atoms with Gasteiger partial charge in [-0.05, 0) is 42.0 Å². The zero-order valence-electron chi connectivity index (χ0n) is 24.5. The van der Waals surface area contributed by atoms with Crippen LogP contribution in [0.2, 0.25) is 0 Å². The van der Waals surface area contributed by atoms with E-state index in [0.29, 0.717) is 26.2 Å². The molecule has 2 aromatic carbocycles. The number of rotatable bonds is 7. The van der Waals surface area contributed by atoms with Gasteiger partial charge in [0.1, 0.15) is 6.04 Å². The van der Waals surface area contributed by atoms with Crippen molar-refractivity contribution in [2.75, 3.05) is 47.3 Å². The molecule has 0 bridgehead atoms. The van der Waals surface area contributed by atoms with E-state index < -0.39 is 6.04 Å². The van der Waals surface area contributed by atoms with Crippen molar-refractivity contribution in [2.24, 2.45) is 5.73 Å². The SMILES string of the molecule is CC(c1c[nH]c2ccccc12)C(NC(=O)N(C)CCN)C(=O)N1CCC2(CC1)C[C@@H](C(=O)N(C)C)c1ccccc12. The van der Waals surface area contributed by atoms with E-state index in [-0.39, 0.29) is 35.1 Å². The van der Waals surface area contributed by atoms with Gasteiger partial charge in [-0.3, -0.25) is 9.59 Å². The fraction of sp³-hybridized carbons (Fsp3) is 0.469. The summed E-state index contributed by atoms with van der Waals surface area (Å²) < 4.78 is 0. The molecule has 0 radical (unpaired) electrons. The highest BCUT2D eigenvalue weighted by molar-refractivity contribution is 5.90. The van der Waals surface area contributed by atoms with Gasteiger partial charge >= 0.3 is 6.03 Å². The third kappa shape index (κ3) is 5.30. The molecule has 2 unspecified atom stereocenters. The van der Waals surface area contributed by atoms with Crippen molar-refractivity contribution in [3.63, 3.8) is 0 Å². The van der Waals surface area contributed by atoms with Gasteiger partial charge in [-0.15, -0.1) is 0 Å². The second-order valence-electron chi connectivity index (χ2n) is 11.9. The molecule has 3 atom stereocenters. The maximum atomic E-state index is 14.2. The van der Waals surface area contributed by atoms with E-state index in [0.717, 1.165) is 41.3 Å². The second-order valence-corrected chi connectivity index (χ2v) is 11.9. The van der Waals surface area contributed by atoms with Gasteiger partial charge in [0, 0.05) is 75.8 Å². The number of hydrogen-bond donors (Lipinski definition) is 3. The molecule has 9 heteroatoms. The Labute approximate surface area is 242 Å². The molecule has 1 saturated heterocycles. The predicted molar refractivity (Wildman–Crippen MR) is 161 cm³/mol. The first-order valence-corrected chi connectivity index (χ1v) is 14.5. The summed E-state index contributed by atoms with van der Waals surface area (Å²) in [5.74, 6) is -0.376. The summed E-state index contributed by atoms with van der Waals surface area (Å²) in [5, 5.41) is 4.08. The number of nitrogens with two attached hydrogens (primary N) is 1. The molecule has 5 rings (SSSR count). The molecule has 218 valence electrons. The summed E-state index contributed by atoms with van der Waals surface area (Å²) in [6, 6.07) is 15.2. The number of para-hydroxylation sites is 1. The number of nitrogens with zero attached hydrogens (tertiary/aromatic N) is 3. The first kappa shape index (κ1) is 28.7. The minimum Gasteiger partial charge on any atom is -0.361 e. The molecule has 2 heterocycles. The van der Waals surface area contributed by atoms with Crippen molar-refractivity contribution in [3.05, 3.63) is 71.4 Å². The number of hydrogen-bond acceptors (Lipinski definition) is 4. The van der Waals surface area contributed by atoms with Gasteiger partial charge in [0.15, 0.2) is 0 Å². The Morgan fingerprint density at radius 1 is 1.07 bits per heavy atom. The van der Waals surface area contributed by atoms with Gasteiger partial charge in [-0.1, -0.05) is 49.4 Å². The lowest BCUT2D eigenvalue weighted by Crippen LogP contribution is -2.56. The molecule has 1 aromatic heterocycles. The van der Waals surface area contributed by atoms with Crippen LogP contribution in [0, 0.1) is 0 Å². The number of carbonyl (C=O) groups excluding carboxylic acids is 3. The van der Waals surface area contributed by atoms with Gasteiger partial charge in [-0.25, -0.2) is 4.79 Å². The largest absolute Gasteiger partial charge is 0.361 e. The van der Waals surface area contributed by atoms with Crippen molar-refractivity contribution in [1.29, 1.82) is 0 Å². The topological polar surface area (TPSA) is 115 Å². The number of carbonyl (C=O) groups is 3.